The Balaban J connectivity index is 1.84. The van der Waals surface area contributed by atoms with E-state index in [9.17, 15) is 0 Å². The number of nitrogens with one attached hydrogen (secondary N) is 1. The van der Waals surface area contributed by atoms with Crippen molar-refractivity contribution in [3.05, 3.63) is 42.5 Å². The SMILES string of the molecule is CC(Nc1cccc(-c2nnnn2C)c1)c1nccn1C. The molecule has 0 aliphatic carbocycles. The van der Waals surface area contributed by atoms with E-state index < -0.39 is 0 Å². The smallest absolute Gasteiger partial charge is 0.181 e. The van der Waals surface area contributed by atoms with Crippen molar-refractivity contribution in [2.75, 3.05) is 5.32 Å². The van der Waals surface area contributed by atoms with Crippen molar-refractivity contribution in [1.82, 2.24) is 29.8 Å². The van der Waals surface area contributed by atoms with Gasteiger partial charge >= 0.3 is 0 Å². The standard InChI is InChI=1S/C14H17N7/c1-10(13-15-7-8-20(13)2)16-12-6-4-5-11(9-12)14-17-18-19-21(14)3/h4-10,16H,1-3H3. The lowest BCUT2D eigenvalue weighted by atomic mass is 10.1. The van der Waals surface area contributed by atoms with Gasteiger partial charge in [0.2, 0.25) is 0 Å². The van der Waals surface area contributed by atoms with Crippen LogP contribution in [-0.4, -0.2) is 29.8 Å². The fourth-order valence-corrected chi connectivity index (χ4v) is 2.33. The molecule has 2 aromatic heterocycles. The van der Waals surface area contributed by atoms with Crippen LogP contribution < -0.4 is 5.32 Å². The highest BCUT2D eigenvalue weighted by atomic mass is 15.5. The molecular formula is C14H17N7. The maximum Gasteiger partial charge on any atom is 0.181 e. The summed E-state index contributed by atoms with van der Waals surface area (Å²) in [6, 6.07) is 8.13. The predicted octanol–water partition coefficient (Wildman–Crippen LogP) is 1.78. The molecule has 108 valence electrons. The van der Waals surface area contributed by atoms with Crippen molar-refractivity contribution in [3.63, 3.8) is 0 Å². The minimum absolute atomic E-state index is 0.109. The lowest BCUT2D eigenvalue weighted by molar-refractivity contribution is 0.714. The Morgan fingerprint density at radius 1 is 1.24 bits per heavy atom. The van der Waals surface area contributed by atoms with Crippen molar-refractivity contribution in [3.8, 4) is 11.4 Å². The molecule has 0 saturated carbocycles. The summed E-state index contributed by atoms with van der Waals surface area (Å²) in [7, 11) is 3.81. The minimum Gasteiger partial charge on any atom is -0.375 e. The van der Waals surface area contributed by atoms with Gasteiger partial charge in [0.05, 0.1) is 6.04 Å². The van der Waals surface area contributed by atoms with Gasteiger partial charge in [-0.1, -0.05) is 12.1 Å². The number of aryl methyl sites for hydroxylation is 2. The van der Waals surface area contributed by atoms with Gasteiger partial charge in [-0.15, -0.1) is 5.10 Å². The van der Waals surface area contributed by atoms with Crippen LogP contribution in [0.5, 0.6) is 0 Å². The van der Waals surface area contributed by atoms with Gasteiger partial charge < -0.3 is 9.88 Å². The first-order chi connectivity index (χ1) is 10.1. The Kier molecular flexibility index (Phi) is 3.39. The molecule has 1 atom stereocenters. The summed E-state index contributed by atoms with van der Waals surface area (Å²) < 4.78 is 3.66. The van der Waals surface area contributed by atoms with Crippen LogP contribution in [0.25, 0.3) is 11.4 Å². The first-order valence-corrected chi connectivity index (χ1v) is 6.71. The molecule has 2 heterocycles. The summed E-state index contributed by atoms with van der Waals surface area (Å²) >= 11 is 0. The van der Waals surface area contributed by atoms with Gasteiger partial charge in [-0.05, 0) is 29.5 Å². The fraction of sp³-hybridized carbons (Fsp3) is 0.286. The van der Waals surface area contributed by atoms with Gasteiger partial charge in [0.1, 0.15) is 5.82 Å². The van der Waals surface area contributed by atoms with Crippen LogP contribution in [-0.2, 0) is 14.1 Å². The fourth-order valence-electron chi connectivity index (χ4n) is 2.33. The summed E-state index contributed by atoms with van der Waals surface area (Å²) in [6.45, 7) is 2.08. The Hall–Kier alpha value is -2.70. The summed E-state index contributed by atoms with van der Waals surface area (Å²) in [6.07, 6.45) is 3.74. The quantitative estimate of drug-likeness (QED) is 0.790. The van der Waals surface area contributed by atoms with Crippen LogP contribution in [0.3, 0.4) is 0 Å². The molecule has 0 aliphatic rings. The van der Waals surface area contributed by atoms with E-state index in [-0.39, 0.29) is 6.04 Å². The van der Waals surface area contributed by atoms with Gasteiger partial charge in [-0.3, -0.25) is 0 Å². The number of hydrogen-bond acceptors (Lipinski definition) is 5. The zero-order chi connectivity index (χ0) is 14.8. The monoisotopic (exact) mass is 283 g/mol. The molecule has 0 saturated heterocycles. The van der Waals surface area contributed by atoms with E-state index in [1.54, 1.807) is 10.9 Å². The van der Waals surface area contributed by atoms with Gasteiger partial charge in [-0.25, -0.2) is 9.67 Å². The van der Waals surface area contributed by atoms with Gasteiger partial charge in [0.15, 0.2) is 5.82 Å². The maximum absolute atomic E-state index is 4.36. The molecule has 0 amide bonds. The van der Waals surface area contributed by atoms with Gasteiger partial charge in [0.25, 0.3) is 0 Å². The zero-order valence-electron chi connectivity index (χ0n) is 12.2. The molecule has 0 radical (unpaired) electrons. The molecule has 7 nitrogen and oxygen atoms in total. The minimum atomic E-state index is 0.109. The van der Waals surface area contributed by atoms with E-state index in [1.165, 1.54) is 0 Å². The van der Waals surface area contributed by atoms with E-state index in [1.807, 2.05) is 49.1 Å². The van der Waals surface area contributed by atoms with Crippen molar-refractivity contribution in [2.45, 2.75) is 13.0 Å². The number of rotatable bonds is 4. The highest BCUT2D eigenvalue weighted by Crippen LogP contribution is 2.22. The number of tetrazole rings is 1. The molecule has 0 spiro atoms. The molecular weight excluding hydrogens is 266 g/mol. The highest BCUT2D eigenvalue weighted by Gasteiger charge is 2.11. The first-order valence-electron chi connectivity index (χ1n) is 6.71. The molecule has 0 bridgehead atoms. The number of aromatic nitrogens is 6. The normalized spacial score (nSPS) is 12.3. The zero-order valence-corrected chi connectivity index (χ0v) is 12.2. The first kappa shape index (κ1) is 13.3. The van der Waals surface area contributed by atoms with Gasteiger partial charge in [-0.2, -0.15) is 0 Å². The molecule has 7 heteroatoms. The molecule has 21 heavy (non-hydrogen) atoms. The third-order valence-electron chi connectivity index (χ3n) is 3.37. The summed E-state index contributed by atoms with van der Waals surface area (Å²) in [5.41, 5.74) is 1.98. The van der Waals surface area contributed by atoms with E-state index in [4.69, 9.17) is 0 Å². The van der Waals surface area contributed by atoms with Crippen LogP contribution in [0.4, 0.5) is 5.69 Å². The average Bonchev–Trinajstić information content (AvgIpc) is 3.07. The largest absolute Gasteiger partial charge is 0.375 e. The van der Waals surface area contributed by atoms with Crippen LogP contribution in [0, 0.1) is 0 Å². The Morgan fingerprint density at radius 3 is 2.76 bits per heavy atom. The lowest BCUT2D eigenvalue weighted by Gasteiger charge is -2.15. The lowest BCUT2D eigenvalue weighted by Crippen LogP contribution is -2.11. The van der Waals surface area contributed by atoms with E-state index >= 15 is 0 Å². The van der Waals surface area contributed by atoms with Crippen molar-refractivity contribution >= 4 is 5.69 Å². The van der Waals surface area contributed by atoms with Crippen LogP contribution >= 0.6 is 0 Å². The molecule has 0 aliphatic heterocycles. The summed E-state index contributed by atoms with van der Waals surface area (Å²) in [4.78, 5) is 4.36. The van der Waals surface area contributed by atoms with E-state index in [0.717, 1.165) is 22.9 Å². The Labute approximate surface area is 122 Å². The molecule has 3 rings (SSSR count). The van der Waals surface area contributed by atoms with Crippen LogP contribution in [0.2, 0.25) is 0 Å². The van der Waals surface area contributed by atoms with Crippen molar-refractivity contribution in [2.24, 2.45) is 14.1 Å². The molecule has 0 fully saturated rings. The highest BCUT2D eigenvalue weighted by molar-refractivity contribution is 5.62. The maximum atomic E-state index is 4.36. The Morgan fingerprint density at radius 2 is 2.10 bits per heavy atom. The molecule has 3 aromatic rings. The van der Waals surface area contributed by atoms with Crippen LogP contribution in [0.15, 0.2) is 36.7 Å². The Bertz CT molecular complexity index is 743. The topological polar surface area (TPSA) is 73.5 Å². The molecule has 1 N–H and O–H groups in total. The summed E-state index contributed by atoms with van der Waals surface area (Å²) in [5.74, 6) is 1.73. The average molecular weight is 283 g/mol. The number of nitrogens with zero attached hydrogens (tertiary/aromatic N) is 6. The molecule has 1 unspecified atom stereocenters. The summed E-state index contributed by atoms with van der Waals surface area (Å²) in [5, 5.41) is 15.0. The second-order valence-corrected chi connectivity index (χ2v) is 4.97. The second kappa shape index (κ2) is 5.35. The third-order valence-corrected chi connectivity index (χ3v) is 3.37. The van der Waals surface area contributed by atoms with Crippen molar-refractivity contribution < 1.29 is 0 Å². The van der Waals surface area contributed by atoms with Gasteiger partial charge in [0, 0.05) is 37.7 Å². The van der Waals surface area contributed by atoms with E-state index in [0.29, 0.717) is 0 Å². The second-order valence-electron chi connectivity index (χ2n) is 4.97. The number of benzene rings is 1. The number of anilines is 1. The van der Waals surface area contributed by atoms with Crippen molar-refractivity contribution in [1.29, 1.82) is 0 Å². The van der Waals surface area contributed by atoms with E-state index in [2.05, 4.69) is 32.7 Å². The number of hydrogen-bond donors (Lipinski definition) is 1. The number of imidazole rings is 1. The third kappa shape index (κ3) is 2.62. The molecule has 1 aromatic carbocycles. The van der Waals surface area contributed by atoms with Crippen LogP contribution in [0.1, 0.15) is 18.8 Å². The predicted molar refractivity (Wildman–Crippen MR) is 79.5 cm³/mol.